The number of nitrogens with zero attached hydrogens (tertiary/aromatic N) is 2. The minimum atomic E-state index is -0.0827. The molecule has 2 rings (SSSR count). The van der Waals surface area contributed by atoms with E-state index < -0.39 is 0 Å². The second-order valence-corrected chi connectivity index (χ2v) is 5.15. The number of halogens is 1. The van der Waals surface area contributed by atoms with Crippen LogP contribution in [0.5, 0.6) is 0 Å². The molecule has 1 aromatic carbocycles. The van der Waals surface area contributed by atoms with Gasteiger partial charge in [0, 0.05) is 24.3 Å². The molecule has 0 saturated carbocycles. The third-order valence-corrected chi connectivity index (χ3v) is 3.66. The van der Waals surface area contributed by atoms with Crippen LogP contribution in [-0.2, 0) is 20.0 Å². The molecule has 0 spiro atoms. The van der Waals surface area contributed by atoms with Crippen molar-refractivity contribution in [3.8, 4) is 0 Å². The Kier molecular flexibility index (Phi) is 4.37. The molecule has 0 aliphatic carbocycles. The number of amides is 1. The maximum absolute atomic E-state index is 12.1. The predicted octanol–water partition coefficient (Wildman–Crippen LogP) is 2.68. The summed E-state index contributed by atoms with van der Waals surface area (Å²) in [4.78, 5) is 12.1. The van der Waals surface area contributed by atoms with Crippen molar-refractivity contribution in [2.75, 3.05) is 0 Å². The lowest BCUT2D eigenvalue weighted by Crippen LogP contribution is -2.23. The van der Waals surface area contributed by atoms with Gasteiger partial charge in [0.1, 0.15) is 0 Å². The lowest BCUT2D eigenvalue weighted by Gasteiger charge is -2.06. The number of aromatic nitrogens is 2. The van der Waals surface area contributed by atoms with Crippen molar-refractivity contribution >= 4 is 21.8 Å². The Bertz CT molecular complexity index is 592. The topological polar surface area (TPSA) is 46.9 Å². The molecule has 19 heavy (non-hydrogen) atoms. The minimum Gasteiger partial charge on any atom is -0.348 e. The first-order valence-corrected chi connectivity index (χ1v) is 6.95. The van der Waals surface area contributed by atoms with Gasteiger partial charge in [-0.3, -0.25) is 9.48 Å². The lowest BCUT2D eigenvalue weighted by atomic mass is 10.2. The van der Waals surface area contributed by atoms with E-state index in [4.69, 9.17) is 0 Å². The van der Waals surface area contributed by atoms with Crippen LogP contribution >= 0.6 is 15.9 Å². The molecule has 2 aromatic rings. The zero-order valence-electron chi connectivity index (χ0n) is 11.0. The summed E-state index contributed by atoms with van der Waals surface area (Å²) in [5, 5.41) is 7.19. The van der Waals surface area contributed by atoms with Crippen molar-refractivity contribution in [1.82, 2.24) is 15.1 Å². The summed E-state index contributed by atoms with van der Waals surface area (Å²) < 4.78 is 2.67. The first-order valence-electron chi connectivity index (χ1n) is 6.16. The van der Waals surface area contributed by atoms with E-state index in [1.54, 1.807) is 10.9 Å². The van der Waals surface area contributed by atoms with Crippen LogP contribution in [0, 0.1) is 0 Å². The van der Waals surface area contributed by atoms with Crippen LogP contribution in [0.25, 0.3) is 0 Å². The number of aryl methyl sites for hydroxylation is 2. The van der Waals surface area contributed by atoms with E-state index in [0.29, 0.717) is 12.1 Å². The average Bonchev–Trinajstić information content (AvgIpc) is 2.79. The standard InChI is InChI=1S/C14H16BrN3O/c1-3-13-11(9-18(2)17-13)14(19)16-8-10-6-4-5-7-12(10)15/h4-7,9H,3,8H2,1-2H3,(H,16,19). The van der Waals surface area contributed by atoms with E-state index >= 15 is 0 Å². The minimum absolute atomic E-state index is 0.0827. The average molecular weight is 322 g/mol. The molecule has 0 aliphatic rings. The maximum atomic E-state index is 12.1. The third kappa shape index (κ3) is 3.23. The van der Waals surface area contributed by atoms with Gasteiger partial charge in [-0.25, -0.2) is 0 Å². The first kappa shape index (κ1) is 13.8. The van der Waals surface area contributed by atoms with Gasteiger partial charge in [-0.15, -0.1) is 0 Å². The number of rotatable bonds is 4. The van der Waals surface area contributed by atoms with Gasteiger partial charge >= 0.3 is 0 Å². The molecule has 4 nitrogen and oxygen atoms in total. The van der Waals surface area contributed by atoms with Crippen LogP contribution in [0.15, 0.2) is 34.9 Å². The van der Waals surface area contributed by atoms with Gasteiger partial charge in [0.15, 0.2) is 0 Å². The molecule has 0 aliphatic heterocycles. The number of hydrogen-bond acceptors (Lipinski definition) is 2. The summed E-state index contributed by atoms with van der Waals surface area (Å²) in [5.74, 6) is -0.0827. The number of hydrogen-bond donors (Lipinski definition) is 1. The zero-order chi connectivity index (χ0) is 13.8. The highest BCUT2D eigenvalue weighted by molar-refractivity contribution is 9.10. The molecule has 0 bridgehead atoms. The molecule has 0 fully saturated rings. The van der Waals surface area contributed by atoms with Crippen molar-refractivity contribution in [2.24, 2.45) is 7.05 Å². The smallest absolute Gasteiger partial charge is 0.255 e. The molecule has 1 aromatic heterocycles. The largest absolute Gasteiger partial charge is 0.348 e. The highest BCUT2D eigenvalue weighted by atomic mass is 79.9. The number of benzene rings is 1. The van der Waals surface area contributed by atoms with Gasteiger partial charge in [-0.05, 0) is 18.1 Å². The predicted molar refractivity (Wildman–Crippen MR) is 77.9 cm³/mol. The van der Waals surface area contributed by atoms with Gasteiger partial charge < -0.3 is 5.32 Å². The van der Waals surface area contributed by atoms with Gasteiger partial charge in [0.05, 0.1) is 11.3 Å². The van der Waals surface area contributed by atoms with E-state index in [1.165, 1.54) is 0 Å². The molecule has 0 radical (unpaired) electrons. The second kappa shape index (κ2) is 6.02. The van der Waals surface area contributed by atoms with Crippen molar-refractivity contribution in [2.45, 2.75) is 19.9 Å². The first-order chi connectivity index (χ1) is 9.11. The van der Waals surface area contributed by atoms with Crippen LogP contribution in [0.1, 0.15) is 28.5 Å². The van der Waals surface area contributed by atoms with Crippen molar-refractivity contribution in [3.63, 3.8) is 0 Å². The van der Waals surface area contributed by atoms with Crippen LogP contribution < -0.4 is 5.32 Å². The van der Waals surface area contributed by atoms with Gasteiger partial charge in [-0.1, -0.05) is 41.1 Å². The number of carbonyl (C=O) groups is 1. The third-order valence-electron chi connectivity index (χ3n) is 2.88. The van der Waals surface area contributed by atoms with Gasteiger partial charge in [-0.2, -0.15) is 5.10 Å². The summed E-state index contributed by atoms with van der Waals surface area (Å²) in [7, 11) is 1.82. The summed E-state index contributed by atoms with van der Waals surface area (Å²) in [6.45, 7) is 2.49. The molecule has 5 heteroatoms. The normalized spacial score (nSPS) is 10.5. The van der Waals surface area contributed by atoms with Gasteiger partial charge in [0.25, 0.3) is 5.91 Å². The highest BCUT2D eigenvalue weighted by Gasteiger charge is 2.14. The summed E-state index contributed by atoms with van der Waals surface area (Å²) in [6, 6.07) is 7.84. The summed E-state index contributed by atoms with van der Waals surface area (Å²) in [6.07, 6.45) is 2.51. The van der Waals surface area contributed by atoms with Crippen LogP contribution in [-0.4, -0.2) is 15.7 Å². The van der Waals surface area contributed by atoms with E-state index in [1.807, 2.05) is 38.2 Å². The molecule has 100 valence electrons. The Morgan fingerprint density at radius 3 is 2.84 bits per heavy atom. The fraction of sp³-hybridized carbons (Fsp3) is 0.286. The van der Waals surface area contributed by atoms with E-state index in [9.17, 15) is 4.79 Å². The molecule has 0 atom stereocenters. The SMILES string of the molecule is CCc1nn(C)cc1C(=O)NCc1ccccc1Br. The Morgan fingerprint density at radius 1 is 1.42 bits per heavy atom. The Labute approximate surface area is 120 Å². The summed E-state index contributed by atoms with van der Waals surface area (Å²) >= 11 is 3.47. The number of nitrogens with one attached hydrogen (secondary N) is 1. The Hall–Kier alpha value is -1.62. The van der Waals surface area contributed by atoms with Gasteiger partial charge in [0.2, 0.25) is 0 Å². The molecule has 0 saturated heterocycles. The van der Waals surface area contributed by atoms with Crippen molar-refractivity contribution in [1.29, 1.82) is 0 Å². The van der Waals surface area contributed by atoms with E-state index in [0.717, 1.165) is 22.2 Å². The maximum Gasteiger partial charge on any atom is 0.255 e. The summed E-state index contributed by atoms with van der Waals surface area (Å²) in [5.41, 5.74) is 2.53. The lowest BCUT2D eigenvalue weighted by molar-refractivity contribution is 0.0950. The van der Waals surface area contributed by atoms with Crippen LogP contribution in [0.3, 0.4) is 0 Å². The van der Waals surface area contributed by atoms with Crippen LogP contribution in [0.2, 0.25) is 0 Å². The molecular weight excluding hydrogens is 306 g/mol. The molecule has 1 heterocycles. The monoisotopic (exact) mass is 321 g/mol. The highest BCUT2D eigenvalue weighted by Crippen LogP contribution is 2.15. The van der Waals surface area contributed by atoms with E-state index in [-0.39, 0.29) is 5.91 Å². The number of carbonyl (C=O) groups excluding carboxylic acids is 1. The van der Waals surface area contributed by atoms with Crippen molar-refractivity contribution in [3.05, 3.63) is 51.8 Å². The molecular formula is C14H16BrN3O. The fourth-order valence-corrected chi connectivity index (χ4v) is 2.32. The second-order valence-electron chi connectivity index (χ2n) is 4.29. The quantitative estimate of drug-likeness (QED) is 0.941. The Morgan fingerprint density at radius 2 is 2.16 bits per heavy atom. The van der Waals surface area contributed by atoms with Crippen LogP contribution in [0.4, 0.5) is 0 Å². The molecule has 1 N–H and O–H groups in total. The van der Waals surface area contributed by atoms with Crippen molar-refractivity contribution < 1.29 is 4.79 Å². The molecule has 1 amide bonds. The molecule has 0 unspecified atom stereocenters. The Balaban J connectivity index is 2.07. The van der Waals surface area contributed by atoms with E-state index in [2.05, 4.69) is 26.3 Å². The zero-order valence-corrected chi connectivity index (χ0v) is 12.6. The fourth-order valence-electron chi connectivity index (χ4n) is 1.90.